The summed E-state index contributed by atoms with van der Waals surface area (Å²) in [5.74, 6) is -0.0880. The van der Waals surface area contributed by atoms with Gasteiger partial charge in [0.2, 0.25) is 0 Å². The monoisotopic (exact) mass is 520 g/mol. The summed E-state index contributed by atoms with van der Waals surface area (Å²) in [6, 6.07) is 11.9. The number of carbonyl (C=O) groups is 1. The minimum atomic E-state index is -4.38. The summed E-state index contributed by atoms with van der Waals surface area (Å²) in [6.45, 7) is 7.17. The Balaban J connectivity index is 1.36. The van der Waals surface area contributed by atoms with E-state index in [-0.39, 0.29) is 18.0 Å². The Hall–Kier alpha value is -2.19. The molecule has 2 aliphatic heterocycles. The maximum absolute atomic E-state index is 13.4. The van der Waals surface area contributed by atoms with Crippen molar-refractivity contribution >= 4 is 29.1 Å². The Labute approximate surface area is 216 Å². The van der Waals surface area contributed by atoms with E-state index in [1.807, 2.05) is 36.1 Å². The molecular weight excluding hydrogens is 485 g/mol. The van der Waals surface area contributed by atoms with Gasteiger partial charge in [-0.3, -0.25) is 9.69 Å². The molecule has 2 atom stereocenters. The lowest BCUT2D eigenvalue weighted by Gasteiger charge is -2.33. The normalized spacial score (nSPS) is 18.6. The van der Waals surface area contributed by atoms with E-state index in [1.165, 1.54) is 17.8 Å². The molecule has 1 saturated heterocycles. The van der Waals surface area contributed by atoms with Crippen molar-refractivity contribution in [2.45, 2.75) is 74.4 Å². The van der Waals surface area contributed by atoms with Gasteiger partial charge in [0.05, 0.1) is 22.9 Å². The Morgan fingerprint density at radius 1 is 1.08 bits per heavy atom. The molecule has 2 aromatic rings. The molecule has 2 heterocycles. The highest BCUT2D eigenvalue weighted by molar-refractivity contribution is 7.99. The van der Waals surface area contributed by atoms with Gasteiger partial charge in [0, 0.05) is 29.4 Å². The topological polar surface area (TPSA) is 32.8 Å². The van der Waals surface area contributed by atoms with Crippen molar-refractivity contribution in [3.63, 3.8) is 0 Å². The van der Waals surface area contributed by atoms with Gasteiger partial charge in [0.1, 0.15) is 6.10 Å². The van der Waals surface area contributed by atoms with Crippen LogP contribution in [0.25, 0.3) is 0 Å². The molecule has 4 rings (SSSR count). The second-order valence-corrected chi connectivity index (χ2v) is 10.7. The number of para-hydroxylation sites is 1. The lowest BCUT2D eigenvalue weighted by Crippen LogP contribution is -2.30. The lowest BCUT2D eigenvalue weighted by molar-refractivity contribution is -0.153. The first kappa shape index (κ1) is 26.9. The average molecular weight is 521 g/mol. The van der Waals surface area contributed by atoms with Crippen LogP contribution < -0.4 is 4.90 Å². The largest absolute Gasteiger partial charge is 0.461 e. The summed E-state index contributed by atoms with van der Waals surface area (Å²) in [5.41, 5.74) is 0.930. The number of rotatable bonds is 10. The van der Waals surface area contributed by atoms with Crippen LogP contribution in [0, 0.1) is 5.92 Å². The van der Waals surface area contributed by atoms with Gasteiger partial charge < -0.3 is 9.64 Å². The zero-order chi connectivity index (χ0) is 25.7. The molecule has 0 aliphatic carbocycles. The first-order chi connectivity index (χ1) is 17.3. The number of carbonyl (C=O) groups excluding carboxylic acids is 1. The molecule has 2 aromatic carbocycles. The third-order valence-corrected chi connectivity index (χ3v) is 8.18. The SMILES string of the molecule is CCCCC(CC)C(=O)OC1CCN(CCCN2c3ccccc3Sc3ccc(C(F)(F)F)cc32)C1. The van der Waals surface area contributed by atoms with Gasteiger partial charge >= 0.3 is 12.1 Å². The highest BCUT2D eigenvalue weighted by Crippen LogP contribution is 2.49. The fraction of sp³-hybridized carbons (Fsp3) is 0.536. The highest BCUT2D eigenvalue weighted by atomic mass is 32.2. The Morgan fingerprint density at radius 3 is 2.61 bits per heavy atom. The molecule has 2 aliphatic rings. The number of halogens is 3. The summed E-state index contributed by atoms with van der Waals surface area (Å²) in [7, 11) is 0. The van der Waals surface area contributed by atoms with Gasteiger partial charge in [-0.15, -0.1) is 0 Å². The van der Waals surface area contributed by atoms with Crippen LogP contribution in [0.1, 0.15) is 57.9 Å². The number of benzene rings is 2. The number of anilines is 2. The van der Waals surface area contributed by atoms with E-state index in [9.17, 15) is 18.0 Å². The molecule has 0 saturated carbocycles. The smallest absolute Gasteiger partial charge is 0.416 e. The number of alkyl halides is 3. The summed E-state index contributed by atoms with van der Waals surface area (Å²) in [6.07, 6.45) is 0.977. The molecule has 2 unspecified atom stereocenters. The summed E-state index contributed by atoms with van der Waals surface area (Å²) in [4.78, 5) is 18.8. The summed E-state index contributed by atoms with van der Waals surface area (Å²) < 4.78 is 46.1. The molecule has 0 N–H and O–H groups in total. The van der Waals surface area contributed by atoms with Crippen LogP contribution in [-0.2, 0) is 15.7 Å². The summed E-state index contributed by atoms with van der Waals surface area (Å²) >= 11 is 1.51. The minimum Gasteiger partial charge on any atom is -0.461 e. The van der Waals surface area contributed by atoms with E-state index >= 15 is 0 Å². The van der Waals surface area contributed by atoms with E-state index in [0.717, 1.165) is 79.7 Å². The van der Waals surface area contributed by atoms with Gasteiger partial charge in [-0.2, -0.15) is 13.2 Å². The predicted molar refractivity (Wildman–Crippen MR) is 138 cm³/mol. The third kappa shape index (κ3) is 6.38. The number of unbranched alkanes of at least 4 members (excludes halogenated alkanes) is 1. The van der Waals surface area contributed by atoms with Crippen LogP contribution in [0.4, 0.5) is 24.5 Å². The average Bonchev–Trinajstić information content (AvgIpc) is 3.30. The van der Waals surface area contributed by atoms with Crippen LogP contribution in [0.3, 0.4) is 0 Å². The van der Waals surface area contributed by atoms with Crippen molar-refractivity contribution in [1.29, 1.82) is 0 Å². The second-order valence-electron chi connectivity index (χ2n) is 9.65. The standard InChI is InChI=1S/C28H35F3N2O2S/c1-3-5-9-20(4-2)27(34)35-22-14-17-32(19-22)15-8-16-33-23-10-6-7-11-25(23)36-26-13-12-21(18-24(26)33)28(29,30)31/h6-7,10-13,18,20,22H,3-5,8-9,14-17,19H2,1-2H3. The minimum absolute atomic E-state index is 0.0160. The Bertz CT molecular complexity index is 1050. The Morgan fingerprint density at radius 2 is 1.86 bits per heavy atom. The van der Waals surface area contributed by atoms with E-state index < -0.39 is 11.7 Å². The van der Waals surface area contributed by atoms with Gasteiger partial charge in [-0.05, 0) is 62.6 Å². The second kappa shape index (κ2) is 11.9. The molecule has 0 bridgehead atoms. The van der Waals surface area contributed by atoms with E-state index in [1.54, 1.807) is 6.07 Å². The molecule has 1 fully saturated rings. The van der Waals surface area contributed by atoms with Gasteiger partial charge in [0.15, 0.2) is 0 Å². The zero-order valence-corrected chi connectivity index (χ0v) is 21.8. The predicted octanol–water partition coefficient (Wildman–Crippen LogP) is 7.53. The van der Waals surface area contributed by atoms with E-state index in [0.29, 0.717) is 12.2 Å². The number of ether oxygens (including phenoxy) is 1. The first-order valence-corrected chi connectivity index (χ1v) is 13.8. The lowest BCUT2D eigenvalue weighted by atomic mass is 10.00. The number of fused-ring (bicyclic) bond motifs is 2. The van der Waals surface area contributed by atoms with Crippen molar-refractivity contribution in [3.05, 3.63) is 48.0 Å². The zero-order valence-electron chi connectivity index (χ0n) is 21.0. The maximum atomic E-state index is 13.4. The van der Waals surface area contributed by atoms with Gasteiger partial charge in [0.25, 0.3) is 0 Å². The third-order valence-electron chi connectivity index (χ3n) is 7.05. The molecule has 196 valence electrons. The number of likely N-dealkylation sites (tertiary alicyclic amines) is 1. The molecule has 4 nitrogen and oxygen atoms in total. The maximum Gasteiger partial charge on any atom is 0.416 e. The van der Waals surface area contributed by atoms with Gasteiger partial charge in [-0.1, -0.05) is 50.6 Å². The van der Waals surface area contributed by atoms with E-state index in [2.05, 4.69) is 11.8 Å². The molecule has 0 aromatic heterocycles. The van der Waals surface area contributed by atoms with Crippen LogP contribution >= 0.6 is 11.8 Å². The molecule has 8 heteroatoms. The first-order valence-electron chi connectivity index (χ1n) is 13.0. The quantitative estimate of drug-likeness (QED) is 0.302. The fourth-order valence-electron chi connectivity index (χ4n) is 5.00. The highest BCUT2D eigenvalue weighted by Gasteiger charge is 2.33. The molecule has 0 radical (unpaired) electrons. The molecule has 36 heavy (non-hydrogen) atoms. The number of nitrogens with zero attached hydrogens (tertiary/aromatic N) is 2. The van der Waals surface area contributed by atoms with Crippen LogP contribution in [0.2, 0.25) is 0 Å². The van der Waals surface area contributed by atoms with Crippen LogP contribution in [-0.4, -0.2) is 43.2 Å². The number of hydrogen-bond acceptors (Lipinski definition) is 5. The molecule has 0 spiro atoms. The van der Waals surface area contributed by atoms with Crippen LogP contribution in [0.5, 0.6) is 0 Å². The van der Waals surface area contributed by atoms with Crippen molar-refractivity contribution in [3.8, 4) is 0 Å². The molecular formula is C28H35F3N2O2S. The Kier molecular flexibility index (Phi) is 8.88. The van der Waals surface area contributed by atoms with E-state index in [4.69, 9.17) is 4.74 Å². The van der Waals surface area contributed by atoms with Crippen molar-refractivity contribution < 1.29 is 22.7 Å². The number of hydrogen-bond donors (Lipinski definition) is 0. The molecule has 0 amide bonds. The van der Waals surface area contributed by atoms with Crippen molar-refractivity contribution in [1.82, 2.24) is 4.90 Å². The van der Waals surface area contributed by atoms with Gasteiger partial charge in [-0.25, -0.2) is 0 Å². The van der Waals surface area contributed by atoms with Crippen molar-refractivity contribution in [2.75, 3.05) is 31.1 Å². The van der Waals surface area contributed by atoms with Crippen molar-refractivity contribution in [2.24, 2.45) is 5.92 Å². The fourth-order valence-corrected chi connectivity index (χ4v) is 6.07. The van der Waals surface area contributed by atoms with Crippen LogP contribution in [0.15, 0.2) is 52.3 Å². The number of esters is 1. The summed E-state index contributed by atoms with van der Waals surface area (Å²) in [5, 5.41) is 0.